The zero-order valence-corrected chi connectivity index (χ0v) is 11.3. The molecule has 2 N–H and O–H groups in total. The summed E-state index contributed by atoms with van der Waals surface area (Å²) in [6.07, 6.45) is 0.577. The van der Waals surface area contributed by atoms with Crippen LogP contribution < -0.4 is 5.32 Å². The number of hydrogen-bond acceptors (Lipinski definition) is 6. The van der Waals surface area contributed by atoms with Crippen molar-refractivity contribution in [3.05, 3.63) is 33.9 Å². The molecule has 0 amide bonds. The number of aliphatic hydroxyl groups excluding tert-OH is 1. The molecule has 1 fully saturated rings. The first-order valence-electron chi connectivity index (χ1n) is 6.44. The lowest BCUT2D eigenvalue weighted by Crippen LogP contribution is -2.28. The normalized spacial score (nSPS) is 17.1. The fraction of sp³-hybridized carbons (Fsp3) is 0.538. The number of nitro benzene ring substituents is 1. The van der Waals surface area contributed by atoms with Crippen LogP contribution >= 0.6 is 0 Å². The van der Waals surface area contributed by atoms with Crippen LogP contribution in [-0.4, -0.2) is 35.6 Å². The maximum absolute atomic E-state index is 11.0. The molecule has 7 nitrogen and oxygen atoms in total. The molecule has 7 heteroatoms. The van der Waals surface area contributed by atoms with Crippen molar-refractivity contribution in [3.8, 4) is 0 Å². The zero-order chi connectivity index (χ0) is 14.6. The van der Waals surface area contributed by atoms with Crippen LogP contribution in [-0.2, 0) is 16.1 Å². The largest absolute Gasteiger partial charge is 0.392 e. The first-order chi connectivity index (χ1) is 9.54. The standard InChI is InChI=1S/C13H18N2O5/c1-13(19-6-7-20-13)4-5-14-11-8-10(9-16)2-3-12(11)15(17)18/h2-3,8,14,16H,4-7,9H2,1H3. The number of benzene rings is 1. The smallest absolute Gasteiger partial charge is 0.292 e. The van der Waals surface area contributed by atoms with Crippen molar-refractivity contribution < 1.29 is 19.5 Å². The lowest BCUT2D eigenvalue weighted by Gasteiger charge is -2.22. The van der Waals surface area contributed by atoms with Crippen LogP contribution in [0.25, 0.3) is 0 Å². The molecule has 0 bridgehead atoms. The van der Waals surface area contributed by atoms with Crippen LogP contribution in [0.1, 0.15) is 18.9 Å². The molecule has 0 radical (unpaired) electrons. The quantitative estimate of drug-likeness (QED) is 0.608. The molecule has 1 saturated heterocycles. The Hall–Kier alpha value is -1.70. The number of ether oxygens (including phenoxy) is 2. The van der Waals surface area contributed by atoms with Gasteiger partial charge in [-0.25, -0.2) is 0 Å². The van der Waals surface area contributed by atoms with Gasteiger partial charge in [0.15, 0.2) is 5.79 Å². The first-order valence-corrected chi connectivity index (χ1v) is 6.44. The highest BCUT2D eigenvalue weighted by Crippen LogP contribution is 2.27. The molecule has 110 valence electrons. The van der Waals surface area contributed by atoms with E-state index in [-0.39, 0.29) is 12.3 Å². The summed E-state index contributed by atoms with van der Waals surface area (Å²) in [7, 11) is 0. The third kappa shape index (κ3) is 3.44. The van der Waals surface area contributed by atoms with Gasteiger partial charge in [-0.15, -0.1) is 0 Å². The van der Waals surface area contributed by atoms with E-state index in [2.05, 4.69) is 5.32 Å². The number of anilines is 1. The van der Waals surface area contributed by atoms with Gasteiger partial charge in [0.2, 0.25) is 0 Å². The van der Waals surface area contributed by atoms with Crippen molar-refractivity contribution in [2.45, 2.75) is 25.7 Å². The lowest BCUT2D eigenvalue weighted by atomic mass is 10.1. The number of nitrogens with zero attached hydrogens (tertiary/aromatic N) is 1. The van der Waals surface area contributed by atoms with E-state index >= 15 is 0 Å². The summed E-state index contributed by atoms with van der Waals surface area (Å²) in [4.78, 5) is 10.5. The van der Waals surface area contributed by atoms with Gasteiger partial charge >= 0.3 is 0 Å². The molecule has 20 heavy (non-hydrogen) atoms. The summed E-state index contributed by atoms with van der Waals surface area (Å²) in [6.45, 7) is 3.30. The van der Waals surface area contributed by atoms with Crippen molar-refractivity contribution in [2.24, 2.45) is 0 Å². The number of nitrogens with one attached hydrogen (secondary N) is 1. The van der Waals surface area contributed by atoms with Gasteiger partial charge in [0, 0.05) is 19.0 Å². The third-order valence-corrected chi connectivity index (χ3v) is 3.23. The van der Waals surface area contributed by atoms with Gasteiger partial charge in [-0.2, -0.15) is 0 Å². The van der Waals surface area contributed by atoms with E-state index in [1.54, 1.807) is 6.07 Å². The molecule has 0 atom stereocenters. The van der Waals surface area contributed by atoms with Gasteiger partial charge < -0.3 is 19.9 Å². The molecular weight excluding hydrogens is 264 g/mol. The van der Waals surface area contributed by atoms with Gasteiger partial charge in [-0.1, -0.05) is 0 Å². The summed E-state index contributed by atoms with van der Waals surface area (Å²) >= 11 is 0. The second-order valence-corrected chi connectivity index (χ2v) is 4.77. The molecule has 1 aliphatic heterocycles. The minimum atomic E-state index is -0.629. The summed E-state index contributed by atoms with van der Waals surface area (Å²) in [6, 6.07) is 4.50. The minimum Gasteiger partial charge on any atom is -0.392 e. The van der Waals surface area contributed by atoms with Gasteiger partial charge in [0.25, 0.3) is 5.69 Å². The van der Waals surface area contributed by atoms with Crippen molar-refractivity contribution in [1.29, 1.82) is 0 Å². The molecule has 0 unspecified atom stereocenters. The van der Waals surface area contributed by atoms with E-state index in [9.17, 15) is 10.1 Å². The number of nitro groups is 1. The van der Waals surface area contributed by atoms with Gasteiger partial charge in [-0.05, 0) is 24.6 Å². The average molecular weight is 282 g/mol. The van der Waals surface area contributed by atoms with Gasteiger partial charge in [0.1, 0.15) is 5.69 Å². The zero-order valence-electron chi connectivity index (χ0n) is 11.3. The molecular formula is C13H18N2O5. The van der Waals surface area contributed by atoms with Crippen LogP contribution in [0.5, 0.6) is 0 Å². The van der Waals surface area contributed by atoms with E-state index in [1.807, 2.05) is 6.92 Å². The Balaban J connectivity index is 2.02. The van der Waals surface area contributed by atoms with Crippen molar-refractivity contribution in [1.82, 2.24) is 0 Å². The monoisotopic (exact) mass is 282 g/mol. The highest BCUT2D eigenvalue weighted by atomic mass is 16.7. The first kappa shape index (κ1) is 14.7. The molecule has 0 aromatic heterocycles. The topological polar surface area (TPSA) is 93.9 Å². The Morgan fingerprint density at radius 3 is 2.75 bits per heavy atom. The molecule has 1 aromatic carbocycles. The molecule has 1 aliphatic rings. The third-order valence-electron chi connectivity index (χ3n) is 3.23. The van der Waals surface area contributed by atoms with Crippen molar-refractivity contribution in [2.75, 3.05) is 25.1 Å². The highest BCUT2D eigenvalue weighted by Gasteiger charge is 2.30. The molecule has 0 saturated carbocycles. The second kappa shape index (κ2) is 6.17. The van der Waals surface area contributed by atoms with E-state index in [0.717, 1.165) is 0 Å². The van der Waals surface area contributed by atoms with Crippen LogP contribution in [0, 0.1) is 10.1 Å². The SMILES string of the molecule is CC1(CCNc2cc(CO)ccc2[N+](=O)[O-])OCCO1. The van der Waals surface area contributed by atoms with E-state index in [4.69, 9.17) is 14.6 Å². The maximum Gasteiger partial charge on any atom is 0.292 e. The number of aliphatic hydroxyl groups is 1. The van der Waals surface area contributed by atoms with Gasteiger partial charge in [-0.3, -0.25) is 10.1 Å². The lowest BCUT2D eigenvalue weighted by molar-refractivity contribution is -0.384. The summed E-state index contributed by atoms with van der Waals surface area (Å²) in [5, 5.41) is 23.1. The molecule has 2 rings (SSSR count). The minimum absolute atomic E-state index is 0.0133. The van der Waals surface area contributed by atoms with Crippen molar-refractivity contribution >= 4 is 11.4 Å². The molecule has 0 aliphatic carbocycles. The Kier molecular flexibility index (Phi) is 4.53. The Morgan fingerprint density at radius 2 is 2.15 bits per heavy atom. The fourth-order valence-electron chi connectivity index (χ4n) is 2.11. The second-order valence-electron chi connectivity index (χ2n) is 4.77. The Bertz CT molecular complexity index is 486. The number of rotatable bonds is 6. The predicted molar refractivity (Wildman–Crippen MR) is 72.4 cm³/mol. The van der Waals surface area contributed by atoms with Crippen molar-refractivity contribution in [3.63, 3.8) is 0 Å². The van der Waals surface area contributed by atoms with E-state index in [0.29, 0.717) is 37.4 Å². The summed E-state index contributed by atoms with van der Waals surface area (Å²) < 4.78 is 10.9. The van der Waals surface area contributed by atoms with Crippen LogP contribution in [0.15, 0.2) is 18.2 Å². The summed E-state index contributed by atoms with van der Waals surface area (Å²) in [5.41, 5.74) is 1.00. The van der Waals surface area contributed by atoms with Crippen LogP contribution in [0.4, 0.5) is 11.4 Å². The number of hydrogen-bond donors (Lipinski definition) is 2. The van der Waals surface area contributed by atoms with Crippen LogP contribution in [0.2, 0.25) is 0 Å². The molecule has 0 spiro atoms. The van der Waals surface area contributed by atoms with E-state index in [1.165, 1.54) is 12.1 Å². The highest BCUT2D eigenvalue weighted by molar-refractivity contribution is 5.62. The van der Waals surface area contributed by atoms with Crippen LogP contribution in [0.3, 0.4) is 0 Å². The Morgan fingerprint density at radius 1 is 1.45 bits per heavy atom. The van der Waals surface area contributed by atoms with E-state index < -0.39 is 10.7 Å². The predicted octanol–water partition coefficient (Wildman–Crippen LogP) is 1.65. The maximum atomic E-state index is 11.0. The Labute approximate surface area is 116 Å². The average Bonchev–Trinajstić information content (AvgIpc) is 2.85. The summed E-state index contributed by atoms with van der Waals surface area (Å²) in [5.74, 6) is -0.629. The fourth-order valence-corrected chi connectivity index (χ4v) is 2.11. The molecule has 1 aromatic rings. The van der Waals surface area contributed by atoms with Gasteiger partial charge in [0.05, 0.1) is 24.7 Å². The molecule has 1 heterocycles.